The van der Waals surface area contributed by atoms with Crippen LogP contribution >= 0.6 is 12.6 Å². The summed E-state index contributed by atoms with van der Waals surface area (Å²) < 4.78 is 0. The number of rotatable bonds is 2. The second-order valence-corrected chi connectivity index (χ2v) is 3.14. The van der Waals surface area contributed by atoms with E-state index in [0.29, 0.717) is 5.75 Å². The van der Waals surface area contributed by atoms with Crippen LogP contribution in [0, 0.1) is 0 Å². The molecule has 0 atom stereocenters. The van der Waals surface area contributed by atoms with E-state index < -0.39 is 0 Å². The van der Waals surface area contributed by atoms with E-state index in [0.717, 1.165) is 22.4 Å². The van der Waals surface area contributed by atoms with Gasteiger partial charge in [0.05, 0.1) is 11.0 Å². The van der Waals surface area contributed by atoms with Gasteiger partial charge in [-0.1, -0.05) is 18.7 Å². The summed E-state index contributed by atoms with van der Waals surface area (Å²) in [7, 11) is 0. The van der Waals surface area contributed by atoms with E-state index in [9.17, 15) is 0 Å². The normalized spacial score (nSPS) is 10.5. The highest BCUT2D eigenvalue weighted by Crippen LogP contribution is 2.14. The van der Waals surface area contributed by atoms with Gasteiger partial charge in [0, 0.05) is 5.75 Å². The molecule has 0 amide bonds. The van der Waals surface area contributed by atoms with Crippen LogP contribution < -0.4 is 0 Å². The third-order valence-electron chi connectivity index (χ3n) is 1.94. The van der Waals surface area contributed by atoms with E-state index in [2.05, 4.69) is 29.2 Å². The molecule has 0 spiro atoms. The van der Waals surface area contributed by atoms with Crippen molar-refractivity contribution in [3.05, 3.63) is 36.2 Å². The first kappa shape index (κ1) is 8.38. The molecule has 1 aromatic heterocycles. The molecular formula is C10H10N2S. The first-order valence-electron chi connectivity index (χ1n) is 4.05. The lowest BCUT2D eigenvalue weighted by Crippen LogP contribution is -1.77. The van der Waals surface area contributed by atoms with Crippen LogP contribution in [0.25, 0.3) is 17.1 Å². The maximum Gasteiger partial charge on any atom is 0.117 e. The van der Waals surface area contributed by atoms with Gasteiger partial charge in [0.25, 0.3) is 0 Å². The van der Waals surface area contributed by atoms with Crippen molar-refractivity contribution in [1.82, 2.24) is 9.97 Å². The molecule has 3 heteroatoms. The highest BCUT2D eigenvalue weighted by Gasteiger charge is 2.00. The Balaban J connectivity index is 2.63. The molecule has 0 aliphatic heterocycles. The topological polar surface area (TPSA) is 28.7 Å². The third-order valence-corrected chi connectivity index (χ3v) is 2.24. The molecule has 1 N–H and O–H groups in total. The molecule has 0 bridgehead atoms. The molecule has 0 radical (unpaired) electrons. The fourth-order valence-electron chi connectivity index (χ4n) is 1.28. The van der Waals surface area contributed by atoms with Crippen LogP contribution in [0.1, 0.15) is 11.4 Å². The summed E-state index contributed by atoms with van der Waals surface area (Å²) >= 11 is 4.16. The molecule has 2 aromatic rings. The summed E-state index contributed by atoms with van der Waals surface area (Å²) in [5.74, 6) is 1.54. The molecule has 1 heterocycles. The first-order chi connectivity index (χ1) is 6.33. The van der Waals surface area contributed by atoms with Gasteiger partial charge in [-0.25, -0.2) is 4.98 Å². The van der Waals surface area contributed by atoms with Gasteiger partial charge in [0.1, 0.15) is 5.82 Å². The van der Waals surface area contributed by atoms with E-state index >= 15 is 0 Å². The second kappa shape index (κ2) is 3.26. The van der Waals surface area contributed by atoms with Crippen LogP contribution in [-0.4, -0.2) is 9.97 Å². The maximum absolute atomic E-state index is 4.34. The molecule has 66 valence electrons. The van der Waals surface area contributed by atoms with Gasteiger partial charge in [0.2, 0.25) is 0 Å². The van der Waals surface area contributed by atoms with Gasteiger partial charge in [-0.2, -0.15) is 12.6 Å². The van der Waals surface area contributed by atoms with Gasteiger partial charge in [-0.05, 0) is 17.7 Å². The number of benzene rings is 1. The molecule has 0 saturated heterocycles. The minimum Gasteiger partial charge on any atom is -0.341 e. The van der Waals surface area contributed by atoms with Crippen LogP contribution in [0.5, 0.6) is 0 Å². The Morgan fingerprint density at radius 3 is 3.08 bits per heavy atom. The molecule has 0 saturated carbocycles. The van der Waals surface area contributed by atoms with Crippen molar-refractivity contribution in [1.29, 1.82) is 0 Å². The van der Waals surface area contributed by atoms with E-state index in [-0.39, 0.29) is 0 Å². The minimum absolute atomic E-state index is 0.637. The summed E-state index contributed by atoms with van der Waals surface area (Å²) in [5, 5.41) is 0. The van der Waals surface area contributed by atoms with Crippen molar-refractivity contribution in [2.24, 2.45) is 0 Å². The van der Waals surface area contributed by atoms with E-state index in [1.54, 1.807) is 0 Å². The largest absolute Gasteiger partial charge is 0.341 e. The first-order valence-corrected chi connectivity index (χ1v) is 4.68. The fourth-order valence-corrected chi connectivity index (χ4v) is 1.43. The van der Waals surface area contributed by atoms with Gasteiger partial charge in [-0.15, -0.1) is 0 Å². The molecule has 0 fully saturated rings. The summed E-state index contributed by atoms with van der Waals surface area (Å²) in [6, 6.07) is 6.01. The lowest BCUT2D eigenvalue weighted by atomic mass is 10.2. The summed E-state index contributed by atoms with van der Waals surface area (Å²) in [6.45, 7) is 3.72. The number of imidazole rings is 1. The number of hydrogen-bond donors (Lipinski definition) is 2. The van der Waals surface area contributed by atoms with Crippen LogP contribution in [-0.2, 0) is 5.75 Å². The van der Waals surface area contributed by atoms with Crippen molar-refractivity contribution in [3.63, 3.8) is 0 Å². The van der Waals surface area contributed by atoms with E-state index in [1.807, 2.05) is 24.3 Å². The van der Waals surface area contributed by atoms with Crippen molar-refractivity contribution in [3.8, 4) is 0 Å². The minimum atomic E-state index is 0.637. The Morgan fingerprint density at radius 1 is 1.54 bits per heavy atom. The standard InChI is InChI=1S/C10H10N2S/c1-2-7-3-4-8-9(5-7)12-10(6-13)11-8/h2-5,13H,1,6H2,(H,11,12). The van der Waals surface area contributed by atoms with Gasteiger partial charge < -0.3 is 4.98 Å². The van der Waals surface area contributed by atoms with Gasteiger partial charge in [-0.3, -0.25) is 0 Å². The van der Waals surface area contributed by atoms with Crippen molar-refractivity contribution < 1.29 is 0 Å². The van der Waals surface area contributed by atoms with Crippen LogP contribution in [0.4, 0.5) is 0 Å². The Hall–Kier alpha value is -1.22. The number of aromatic nitrogens is 2. The average molecular weight is 190 g/mol. The quantitative estimate of drug-likeness (QED) is 0.700. The lowest BCUT2D eigenvalue weighted by molar-refractivity contribution is 1.15. The SMILES string of the molecule is C=Cc1ccc2nc(CS)[nH]c2c1. The van der Waals surface area contributed by atoms with Gasteiger partial charge >= 0.3 is 0 Å². The Morgan fingerprint density at radius 2 is 2.38 bits per heavy atom. The average Bonchev–Trinajstić information content (AvgIpc) is 2.58. The van der Waals surface area contributed by atoms with Crippen LogP contribution in [0.2, 0.25) is 0 Å². The third kappa shape index (κ3) is 1.47. The number of fused-ring (bicyclic) bond motifs is 1. The molecule has 2 rings (SSSR count). The van der Waals surface area contributed by atoms with E-state index in [4.69, 9.17) is 0 Å². The number of H-pyrrole nitrogens is 1. The van der Waals surface area contributed by atoms with Crippen LogP contribution in [0.3, 0.4) is 0 Å². The Bertz CT molecular complexity index is 445. The Kier molecular flexibility index (Phi) is 2.10. The fraction of sp³-hybridized carbons (Fsp3) is 0.100. The molecule has 0 aliphatic rings. The van der Waals surface area contributed by atoms with Crippen molar-refractivity contribution >= 4 is 29.7 Å². The summed E-state index contributed by atoms with van der Waals surface area (Å²) in [5.41, 5.74) is 3.12. The predicted molar refractivity (Wildman–Crippen MR) is 58.9 cm³/mol. The molecule has 2 nitrogen and oxygen atoms in total. The van der Waals surface area contributed by atoms with E-state index in [1.165, 1.54) is 0 Å². The number of thiol groups is 1. The highest BCUT2D eigenvalue weighted by molar-refractivity contribution is 7.79. The molecular weight excluding hydrogens is 180 g/mol. The van der Waals surface area contributed by atoms with Crippen LogP contribution in [0.15, 0.2) is 24.8 Å². The maximum atomic E-state index is 4.34. The summed E-state index contributed by atoms with van der Waals surface area (Å²) in [4.78, 5) is 7.53. The Labute approximate surface area is 82.1 Å². The number of aromatic amines is 1. The zero-order valence-corrected chi connectivity index (χ0v) is 8.01. The molecule has 13 heavy (non-hydrogen) atoms. The number of nitrogens with one attached hydrogen (secondary N) is 1. The lowest BCUT2D eigenvalue weighted by Gasteiger charge is -1.90. The second-order valence-electron chi connectivity index (χ2n) is 2.82. The van der Waals surface area contributed by atoms with Crippen molar-refractivity contribution in [2.45, 2.75) is 5.75 Å². The molecule has 1 aromatic carbocycles. The zero-order chi connectivity index (χ0) is 9.26. The monoisotopic (exact) mass is 190 g/mol. The number of hydrogen-bond acceptors (Lipinski definition) is 2. The van der Waals surface area contributed by atoms with Crippen molar-refractivity contribution in [2.75, 3.05) is 0 Å². The van der Waals surface area contributed by atoms with Gasteiger partial charge in [0.15, 0.2) is 0 Å². The number of nitrogens with zero attached hydrogens (tertiary/aromatic N) is 1. The summed E-state index contributed by atoms with van der Waals surface area (Å²) in [6.07, 6.45) is 1.82. The zero-order valence-electron chi connectivity index (χ0n) is 7.12. The predicted octanol–water partition coefficient (Wildman–Crippen LogP) is 2.64. The molecule has 0 aliphatic carbocycles. The smallest absolute Gasteiger partial charge is 0.117 e. The highest BCUT2D eigenvalue weighted by atomic mass is 32.1. The molecule has 0 unspecified atom stereocenters.